The van der Waals surface area contributed by atoms with E-state index in [0.29, 0.717) is 22.6 Å². The van der Waals surface area contributed by atoms with Gasteiger partial charge in [0.1, 0.15) is 5.52 Å². The number of hydrogen-bond donors (Lipinski definition) is 2. The highest BCUT2D eigenvalue weighted by Crippen LogP contribution is 2.25. The van der Waals surface area contributed by atoms with E-state index in [2.05, 4.69) is 26.2 Å². The number of nitrogens with one attached hydrogen (secondary N) is 1. The zero-order valence-electron chi connectivity index (χ0n) is 16.2. The van der Waals surface area contributed by atoms with Crippen molar-refractivity contribution in [1.82, 2.24) is 4.98 Å². The first-order chi connectivity index (χ1) is 15.0. The predicted octanol–water partition coefficient (Wildman–Crippen LogP) is 5.54. The molecule has 6 nitrogen and oxygen atoms in total. The number of aromatic nitrogens is 1. The molecule has 1 amide bonds. The van der Waals surface area contributed by atoms with Crippen LogP contribution in [0.25, 0.3) is 28.6 Å². The normalized spacial score (nSPS) is 11.1. The molecule has 1 aromatic heterocycles. The minimum absolute atomic E-state index is 0.0610. The molecule has 0 saturated carbocycles. The van der Waals surface area contributed by atoms with Crippen molar-refractivity contribution in [3.8, 4) is 11.5 Å². The summed E-state index contributed by atoms with van der Waals surface area (Å²) in [5.74, 6) is -0.661. The molecule has 0 aliphatic heterocycles. The second-order valence-electron chi connectivity index (χ2n) is 6.84. The predicted molar refractivity (Wildman–Crippen MR) is 123 cm³/mol. The third-order valence-corrected chi connectivity index (χ3v) is 5.03. The van der Waals surface area contributed by atoms with E-state index in [1.54, 1.807) is 24.3 Å². The van der Waals surface area contributed by atoms with Crippen molar-refractivity contribution in [1.29, 1.82) is 0 Å². The number of carbonyl (C=O) groups excluding carboxylic acids is 1. The summed E-state index contributed by atoms with van der Waals surface area (Å²) in [6.45, 7) is 0. The van der Waals surface area contributed by atoms with Crippen LogP contribution in [0.1, 0.15) is 11.1 Å². The number of benzene rings is 3. The summed E-state index contributed by atoms with van der Waals surface area (Å²) in [7, 11) is 0. The lowest BCUT2D eigenvalue weighted by atomic mass is 10.1. The van der Waals surface area contributed by atoms with Gasteiger partial charge in [0.15, 0.2) is 5.58 Å². The highest BCUT2D eigenvalue weighted by atomic mass is 79.9. The van der Waals surface area contributed by atoms with Crippen molar-refractivity contribution in [2.75, 3.05) is 5.32 Å². The second-order valence-corrected chi connectivity index (χ2v) is 7.76. The van der Waals surface area contributed by atoms with Gasteiger partial charge < -0.3 is 14.8 Å². The monoisotopic (exact) mass is 476 g/mol. The number of hydrogen-bond acceptors (Lipinski definition) is 4. The Morgan fingerprint density at radius 1 is 1.03 bits per heavy atom. The average molecular weight is 477 g/mol. The minimum Gasteiger partial charge on any atom is -0.481 e. The van der Waals surface area contributed by atoms with Crippen molar-refractivity contribution in [3.05, 3.63) is 88.4 Å². The maximum Gasteiger partial charge on any atom is 0.307 e. The quantitative estimate of drug-likeness (QED) is 0.356. The van der Waals surface area contributed by atoms with E-state index in [1.165, 1.54) is 6.08 Å². The smallest absolute Gasteiger partial charge is 0.307 e. The van der Waals surface area contributed by atoms with Crippen molar-refractivity contribution in [3.63, 3.8) is 0 Å². The van der Waals surface area contributed by atoms with Crippen LogP contribution in [0.4, 0.5) is 5.69 Å². The number of rotatable bonds is 6. The summed E-state index contributed by atoms with van der Waals surface area (Å²) in [5.41, 5.74) is 4.24. The number of oxazole rings is 1. The van der Waals surface area contributed by atoms with Gasteiger partial charge in [0, 0.05) is 21.8 Å². The number of carboxylic acids is 1. The van der Waals surface area contributed by atoms with Crippen molar-refractivity contribution >= 4 is 50.7 Å². The number of amides is 1. The lowest BCUT2D eigenvalue weighted by molar-refractivity contribution is -0.136. The van der Waals surface area contributed by atoms with Gasteiger partial charge in [-0.15, -0.1) is 0 Å². The van der Waals surface area contributed by atoms with Crippen LogP contribution in [0.2, 0.25) is 0 Å². The van der Waals surface area contributed by atoms with E-state index in [1.807, 2.05) is 48.5 Å². The standard InChI is InChI=1S/C24H17BrN2O4/c25-18-7-9-19(10-8-18)26-22(28)12-4-15-1-5-17(6-2-15)24-27-20-13-16(14-23(29)30)3-11-21(20)31-24/h1-13H,14H2,(H,26,28)(H,29,30)/b12-4+. The molecule has 0 radical (unpaired) electrons. The summed E-state index contributed by atoms with van der Waals surface area (Å²) in [6.07, 6.45) is 3.14. The van der Waals surface area contributed by atoms with Crippen LogP contribution in [0.15, 0.2) is 81.7 Å². The van der Waals surface area contributed by atoms with E-state index in [9.17, 15) is 9.59 Å². The first kappa shape index (κ1) is 20.6. The molecule has 31 heavy (non-hydrogen) atoms. The van der Waals surface area contributed by atoms with E-state index in [-0.39, 0.29) is 12.3 Å². The number of halogens is 1. The van der Waals surface area contributed by atoms with Gasteiger partial charge in [0.2, 0.25) is 11.8 Å². The van der Waals surface area contributed by atoms with Crippen LogP contribution >= 0.6 is 15.9 Å². The molecule has 0 spiro atoms. The fourth-order valence-electron chi connectivity index (χ4n) is 3.01. The Morgan fingerprint density at radius 2 is 1.77 bits per heavy atom. The van der Waals surface area contributed by atoms with E-state index < -0.39 is 5.97 Å². The number of anilines is 1. The molecule has 0 saturated heterocycles. The van der Waals surface area contributed by atoms with Gasteiger partial charge in [0.25, 0.3) is 0 Å². The summed E-state index contributed by atoms with van der Waals surface area (Å²) in [6, 6.07) is 20.0. The molecular weight excluding hydrogens is 460 g/mol. The Hall–Kier alpha value is -3.71. The fourth-order valence-corrected chi connectivity index (χ4v) is 3.27. The van der Waals surface area contributed by atoms with Crippen molar-refractivity contribution in [2.45, 2.75) is 6.42 Å². The van der Waals surface area contributed by atoms with E-state index in [4.69, 9.17) is 9.52 Å². The maximum absolute atomic E-state index is 12.1. The Balaban J connectivity index is 1.45. The third-order valence-electron chi connectivity index (χ3n) is 4.50. The van der Waals surface area contributed by atoms with Crippen LogP contribution in [0.3, 0.4) is 0 Å². The van der Waals surface area contributed by atoms with Crippen LogP contribution in [-0.4, -0.2) is 22.0 Å². The molecule has 0 aliphatic rings. The average Bonchev–Trinajstić information content (AvgIpc) is 3.17. The van der Waals surface area contributed by atoms with Crippen LogP contribution in [0.5, 0.6) is 0 Å². The summed E-state index contributed by atoms with van der Waals surface area (Å²) in [4.78, 5) is 27.4. The third kappa shape index (κ3) is 5.26. The van der Waals surface area contributed by atoms with Crippen molar-refractivity contribution < 1.29 is 19.1 Å². The van der Waals surface area contributed by atoms with E-state index >= 15 is 0 Å². The number of aliphatic carboxylic acids is 1. The molecule has 4 rings (SSSR count). The highest BCUT2D eigenvalue weighted by molar-refractivity contribution is 9.10. The van der Waals surface area contributed by atoms with Gasteiger partial charge >= 0.3 is 5.97 Å². The summed E-state index contributed by atoms with van der Waals surface area (Å²) in [5, 5.41) is 11.7. The van der Waals surface area contributed by atoms with Gasteiger partial charge in [-0.05, 0) is 65.7 Å². The molecule has 0 aliphatic carbocycles. The topological polar surface area (TPSA) is 92.4 Å². The Morgan fingerprint density at radius 3 is 2.48 bits per heavy atom. The lowest BCUT2D eigenvalue weighted by Gasteiger charge is -2.02. The van der Waals surface area contributed by atoms with Gasteiger partial charge in [0.05, 0.1) is 6.42 Å². The maximum atomic E-state index is 12.1. The number of nitrogens with zero attached hydrogens (tertiary/aromatic N) is 1. The highest BCUT2D eigenvalue weighted by Gasteiger charge is 2.10. The molecule has 154 valence electrons. The molecule has 7 heteroatoms. The molecule has 0 bridgehead atoms. The zero-order valence-corrected chi connectivity index (χ0v) is 17.8. The number of carbonyl (C=O) groups is 2. The van der Waals surface area contributed by atoms with Crippen molar-refractivity contribution in [2.24, 2.45) is 0 Å². The van der Waals surface area contributed by atoms with Gasteiger partial charge in [-0.1, -0.05) is 34.1 Å². The molecule has 4 aromatic rings. The Kier molecular flexibility index (Phi) is 5.95. The molecule has 0 unspecified atom stereocenters. The minimum atomic E-state index is -0.891. The Labute approximate surface area is 186 Å². The van der Waals surface area contributed by atoms with Gasteiger partial charge in [-0.3, -0.25) is 9.59 Å². The van der Waals surface area contributed by atoms with Crippen LogP contribution in [-0.2, 0) is 16.0 Å². The molecule has 0 fully saturated rings. The van der Waals surface area contributed by atoms with Crippen LogP contribution < -0.4 is 5.32 Å². The number of carboxylic acid groups (broad SMARTS) is 1. The SMILES string of the molecule is O=C(O)Cc1ccc2oc(-c3ccc(/C=C/C(=O)Nc4ccc(Br)cc4)cc3)nc2c1. The fraction of sp³-hybridized carbons (Fsp3) is 0.0417. The van der Waals surface area contributed by atoms with Crippen LogP contribution in [0, 0.1) is 0 Å². The second kappa shape index (κ2) is 8.97. The molecule has 3 aromatic carbocycles. The lowest BCUT2D eigenvalue weighted by Crippen LogP contribution is -2.07. The largest absolute Gasteiger partial charge is 0.481 e. The first-order valence-electron chi connectivity index (χ1n) is 9.42. The summed E-state index contributed by atoms with van der Waals surface area (Å²) < 4.78 is 6.73. The Bertz CT molecular complexity index is 1280. The van der Waals surface area contributed by atoms with Gasteiger partial charge in [-0.2, -0.15) is 0 Å². The summed E-state index contributed by atoms with van der Waals surface area (Å²) >= 11 is 3.36. The molecule has 2 N–H and O–H groups in total. The first-order valence-corrected chi connectivity index (χ1v) is 10.2. The number of fused-ring (bicyclic) bond motifs is 1. The molecule has 0 atom stereocenters. The molecule has 1 heterocycles. The van der Waals surface area contributed by atoms with Gasteiger partial charge in [-0.25, -0.2) is 4.98 Å². The van der Waals surface area contributed by atoms with E-state index in [0.717, 1.165) is 21.3 Å². The zero-order chi connectivity index (χ0) is 21.8. The molecular formula is C24H17BrN2O4.